The SMILES string of the molecule is CC(C)S(=O)(=O)c1ccc(C(=O)NCCCc2nn(-c3ccc(F)cc3)c(N)c2C#N)cc1. The van der Waals surface area contributed by atoms with Crippen molar-refractivity contribution in [2.45, 2.75) is 36.8 Å². The Kier molecular flexibility index (Phi) is 7.13. The minimum atomic E-state index is -3.40. The highest BCUT2D eigenvalue weighted by Crippen LogP contribution is 2.22. The van der Waals surface area contributed by atoms with Crippen LogP contribution in [0.25, 0.3) is 5.69 Å². The lowest BCUT2D eigenvalue weighted by molar-refractivity contribution is 0.0953. The molecule has 0 aliphatic carbocycles. The van der Waals surface area contributed by atoms with Crippen LogP contribution in [0.2, 0.25) is 0 Å². The van der Waals surface area contributed by atoms with Crippen molar-refractivity contribution in [3.8, 4) is 11.8 Å². The highest BCUT2D eigenvalue weighted by Gasteiger charge is 2.20. The second-order valence-electron chi connectivity index (χ2n) is 7.68. The average molecular weight is 470 g/mol. The molecule has 0 fully saturated rings. The number of nitrogens with zero attached hydrogens (tertiary/aromatic N) is 3. The smallest absolute Gasteiger partial charge is 0.251 e. The molecule has 0 aliphatic heterocycles. The Morgan fingerprint density at radius 2 is 1.82 bits per heavy atom. The minimum Gasteiger partial charge on any atom is -0.382 e. The lowest BCUT2D eigenvalue weighted by Gasteiger charge is -2.09. The third-order valence-corrected chi connectivity index (χ3v) is 7.29. The van der Waals surface area contributed by atoms with Crippen molar-refractivity contribution in [2.75, 3.05) is 12.3 Å². The molecule has 8 nitrogen and oxygen atoms in total. The van der Waals surface area contributed by atoms with Crippen molar-refractivity contribution in [3.05, 3.63) is 71.2 Å². The first-order chi connectivity index (χ1) is 15.6. The average Bonchev–Trinajstić information content (AvgIpc) is 3.12. The molecule has 172 valence electrons. The molecule has 2 aromatic carbocycles. The number of nitrogens with two attached hydrogens (primary N) is 1. The molecule has 0 spiro atoms. The maximum absolute atomic E-state index is 13.2. The topological polar surface area (TPSA) is 131 Å². The summed E-state index contributed by atoms with van der Waals surface area (Å²) in [7, 11) is -3.40. The summed E-state index contributed by atoms with van der Waals surface area (Å²) in [5.74, 6) is -0.558. The van der Waals surface area contributed by atoms with Crippen LogP contribution in [0.1, 0.15) is 41.9 Å². The van der Waals surface area contributed by atoms with Crippen molar-refractivity contribution in [2.24, 2.45) is 0 Å². The maximum atomic E-state index is 13.2. The van der Waals surface area contributed by atoms with Crippen LogP contribution in [0.3, 0.4) is 0 Å². The Bertz CT molecular complexity index is 1290. The second kappa shape index (κ2) is 9.83. The molecule has 1 aromatic heterocycles. The molecule has 0 saturated carbocycles. The summed E-state index contributed by atoms with van der Waals surface area (Å²) in [6.45, 7) is 3.52. The molecule has 3 rings (SSSR count). The van der Waals surface area contributed by atoms with Crippen molar-refractivity contribution in [1.29, 1.82) is 5.26 Å². The Labute approximate surface area is 191 Å². The number of halogens is 1. The van der Waals surface area contributed by atoms with E-state index in [2.05, 4.69) is 10.4 Å². The fourth-order valence-electron chi connectivity index (χ4n) is 3.18. The molecule has 0 bridgehead atoms. The predicted octanol–water partition coefficient (Wildman–Crippen LogP) is 3.01. The first-order valence-corrected chi connectivity index (χ1v) is 11.9. The van der Waals surface area contributed by atoms with Gasteiger partial charge in [-0.3, -0.25) is 4.79 Å². The van der Waals surface area contributed by atoms with Gasteiger partial charge in [0, 0.05) is 12.1 Å². The van der Waals surface area contributed by atoms with Gasteiger partial charge in [-0.25, -0.2) is 17.5 Å². The quantitative estimate of drug-likeness (QED) is 0.488. The zero-order chi connectivity index (χ0) is 24.2. The van der Waals surface area contributed by atoms with Gasteiger partial charge in [0.2, 0.25) is 0 Å². The zero-order valence-corrected chi connectivity index (χ0v) is 19.1. The number of hydrogen-bond donors (Lipinski definition) is 2. The number of nitrogen functional groups attached to an aromatic ring is 1. The van der Waals surface area contributed by atoms with Gasteiger partial charge in [-0.05, 0) is 75.2 Å². The largest absolute Gasteiger partial charge is 0.382 e. The molecule has 33 heavy (non-hydrogen) atoms. The zero-order valence-electron chi connectivity index (χ0n) is 18.2. The Balaban J connectivity index is 1.61. The second-order valence-corrected chi connectivity index (χ2v) is 10.2. The van der Waals surface area contributed by atoms with E-state index >= 15 is 0 Å². The summed E-state index contributed by atoms with van der Waals surface area (Å²) in [4.78, 5) is 12.5. The number of nitrogens with one attached hydrogen (secondary N) is 1. The summed E-state index contributed by atoms with van der Waals surface area (Å²) in [6, 6.07) is 13.4. The highest BCUT2D eigenvalue weighted by molar-refractivity contribution is 7.92. The third kappa shape index (κ3) is 5.21. The molecule has 0 aliphatic rings. The third-order valence-electron chi connectivity index (χ3n) is 5.12. The van der Waals surface area contributed by atoms with Crippen LogP contribution in [-0.4, -0.2) is 35.9 Å². The summed E-state index contributed by atoms with van der Waals surface area (Å²) >= 11 is 0. The van der Waals surface area contributed by atoms with Crippen molar-refractivity contribution >= 4 is 21.6 Å². The van der Waals surface area contributed by atoms with E-state index in [1.54, 1.807) is 13.8 Å². The summed E-state index contributed by atoms with van der Waals surface area (Å²) in [5.41, 5.74) is 7.66. The van der Waals surface area contributed by atoms with Crippen LogP contribution in [0.4, 0.5) is 10.2 Å². The first-order valence-electron chi connectivity index (χ1n) is 10.3. The van der Waals surface area contributed by atoms with E-state index in [4.69, 9.17) is 5.73 Å². The molecular weight excluding hydrogens is 445 g/mol. The number of sulfone groups is 1. The molecule has 10 heteroatoms. The lowest BCUT2D eigenvalue weighted by atomic mass is 10.1. The number of rotatable bonds is 8. The maximum Gasteiger partial charge on any atom is 0.251 e. The van der Waals surface area contributed by atoms with E-state index in [0.717, 1.165) is 0 Å². The van der Waals surface area contributed by atoms with Gasteiger partial charge in [-0.15, -0.1) is 0 Å². The number of hydrogen-bond acceptors (Lipinski definition) is 6. The number of aromatic nitrogens is 2. The van der Waals surface area contributed by atoms with E-state index in [-0.39, 0.29) is 22.2 Å². The van der Waals surface area contributed by atoms with Gasteiger partial charge < -0.3 is 11.1 Å². The number of nitriles is 1. The van der Waals surface area contributed by atoms with Gasteiger partial charge in [0.25, 0.3) is 5.91 Å². The Morgan fingerprint density at radius 3 is 2.39 bits per heavy atom. The van der Waals surface area contributed by atoms with Crippen LogP contribution in [0.5, 0.6) is 0 Å². The number of carbonyl (C=O) groups is 1. The number of benzene rings is 2. The van der Waals surface area contributed by atoms with Crippen LogP contribution in [0, 0.1) is 17.1 Å². The molecule has 0 atom stereocenters. The van der Waals surface area contributed by atoms with Crippen LogP contribution < -0.4 is 11.1 Å². The predicted molar refractivity (Wildman–Crippen MR) is 122 cm³/mol. The monoisotopic (exact) mass is 469 g/mol. The number of amides is 1. The fraction of sp³-hybridized carbons (Fsp3) is 0.261. The number of anilines is 1. The molecular formula is C23H24FN5O3S. The van der Waals surface area contributed by atoms with Crippen LogP contribution >= 0.6 is 0 Å². The highest BCUT2D eigenvalue weighted by atomic mass is 32.2. The number of carbonyl (C=O) groups excluding carboxylic acids is 1. The summed E-state index contributed by atoms with van der Waals surface area (Å²) < 4.78 is 38.9. The van der Waals surface area contributed by atoms with E-state index in [1.807, 2.05) is 6.07 Å². The summed E-state index contributed by atoms with van der Waals surface area (Å²) in [6.07, 6.45) is 0.896. The lowest BCUT2D eigenvalue weighted by Crippen LogP contribution is -2.25. The van der Waals surface area contributed by atoms with E-state index in [9.17, 15) is 22.9 Å². The molecule has 0 saturated heterocycles. The Hall–Kier alpha value is -3.71. The number of aryl methyl sites for hydroxylation is 1. The first kappa shape index (κ1) is 23.9. The standard InChI is InChI=1S/C23H24FN5O3S/c1-15(2)33(31,32)19-11-5-16(6-12-19)23(30)27-13-3-4-21-20(14-25)22(26)29(28-21)18-9-7-17(24)8-10-18/h5-12,15H,3-4,13,26H2,1-2H3,(H,27,30). The molecule has 0 radical (unpaired) electrons. The molecule has 3 aromatic rings. The van der Waals surface area contributed by atoms with Crippen LogP contribution in [0.15, 0.2) is 53.4 Å². The van der Waals surface area contributed by atoms with E-state index in [0.29, 0.717) is 36.3 Å². The molecule has 1 amide bonds. The van der Waals surface area contributed by atoms with Gasteiger partial charge >= 0.3 is 0 Å². The van der Waals surface area contributed by atoms with Gasteiger partial charge in [-0.1, -0.05) is 0 Å². The van der Waals surface area contributed by atoms with Crippen molar-refractivity contribution < 1.29 is 17.6 Å². The van der Waals surface area contributed by atoms with Crippen molar-refractivity contribution in [3.63, 3.8) is 0 Å². The van der Waals surface area contributed by atoms with E-state index in [1.165, 1.54) is 53.2 Å². The molecule has 1 heterocycles. The van der Waals surface area contributed by atoms with Crippen LogP contribution in [-0.2, 0) is 16.3 Å². The van der Waals surface area contributed by atoms with E-state index < -0.39 is 20.9 Å². The normalized spacial score (nSPS) is 11.4. The van der Waals surface area contributed by atoms with Gasteiger partial charge in [0.15, 0.2) is 9.84 Å². The molecule has 3 N–H and O–H groups in total. The summed E-state index contributed by atoms with van der Waals surface area (Å²) in [5, 5.41) is 16.1. The van der Waals surface area contributed by atoms with Gasteiger partial charge in [0.05, 0.1) is 21.5 Å². The minimum absolute atomic E-state index is 0.166. The fourth-order valence-corrected chi connectivity index (χ4v) is 4.24. The van der Waals surface area contributed by atoms with Crippen molar-refractivity contribution in [1.82, 2.24) is 15.1 Å². The van der Waals surface area contributed by atoms with Gasteiger partial charge in [-0.2, -0.15) is 10.4 Å². The Morgan fingerprint density at radius 1 is 1.18 bits per heavy atom. The van der Waals surface area contributed by atoms with Gasteiger partial charge in [0.1, 0.15) is 23.3 Å². The molecule has 0 unspecified atom stereocenters.